The minimum Gasteiger partial charge on any atom is -0.341 e. The lowest BCUT2D eigenvalue weighted by Crippen LogP contribution is -2.43. The number of nitrogens with zero attached hydrogens (tertiary/aromatic N) is 3. The molecule has 1 aromatic heterocycles. The molecule has 0 saturated carbocycles. The van der Waals surface area contributed by atoms with Crippen LogP contribution in [0.1, 0.15) is 25.8 Å². The van der Waals surface area contributed by atoms with Crippen LogP contribution in [-0.2, 0) is 4.79 Å². The average molecular weight is 377 g/mol. The molecule has 2 aromatic rings. The number of carbonyl (C=O) groups is 1. The van der Waals surface area contributed by atoms with Crippen LogP contribution in [0, 0.1) is 18.8 Å². The maximum Gasteiger partial charge on any atom is 0.233 e. The summed E-state index contributed by atoms with van der Waals surface area (Å²) in [5, 5.41) is 12.4. The van der Waals surface area contributed by atoms with Gasteiger partial charge < -0.3 is 10.2 Å². The van der Waals surface area contributed by atoms with Crippen molar-refractivity contribution in [2.75, 3.05) is 24.2 Å². The van der Waals surface area contributed by atoms with Crippen molar-refractivity contribution in [3.8, 4) is 0 Å². The van der Waals surface area contributed by atoms with E-state index < -0.39 is 0 Å². The molecule has 25 heavy (non-hydrogen) atoms. The number of thioether (sulfide) groups is 1. The zero-order valence-electron chi connectivity index (χ0n) is 14.9. The van der Waals surface area contributed by atoms with Gasteiger partial charge in [-0.15, -0.1) is 10.2 Å². The quantitative estimate of drug-likeness (QED) is 0.793. The first-order valence-corrected chi connectivity index (χ1v) is 10.4. The third kappa shape index (κ3) is 5.19. The standard InChI is InChI=1S/C18H24N4OS2/c1-12-5-4-6-15(8-12)19-17-20-21-18(25-17)24-11-16(23)22-9-13(2)7-14(3)10-22/h4-6,8,13-14H,7,9-11H2,1-3H3,(H,19,20)/t13-,14+. The summed E-state index contributed by atoms with van der Waals surface area (Å²) in [6.45, 7) is 8.24. The molecule has 2 atom stereocenters. The predicted octanol–water partition coefficient (Wildman–Crippen LogP) is 4.19. The topological polar surface area (TPSA) is 58.1 Å². The van der Waals surface area contributed by atoms with Crippen LogP contribution in [0.2, 0.25) is 0 Å². The molecule has 5 nitrogen and oxygen atoms in total. The minimum atomic E-state index is 0.201. The van der Waals surface area contributed by atoms with Crippen LogP contribution < -0.4 is 5.32 Å². The fraction of sp³-hybridized carbons (Fsp3) is 0.500. The van der Waals surface area contributed by atoms with E-state index in [1.807, 2.05) is 17.0 Å². The zero-order chi connectivity index (χ0) is 17.8. The van der Waals surface area contributed by atoms with Crippen LogP contribution >= 0.6 is 23.1 Å². The van der Waals surface area contributed by atoms with E-state index in [2.05, 4.69) is 48.4 Å². The van der Waals surface area contributed by atoms with Gasteiger partial charge in [0.1, 0.15) is 0 Å². The lowest BCUT2D eigenvalue weighted by molar-refractivity contribution is -0.130. The largest absolute Gasteiger partial charge is 0.341 e. The number of rotatable bonds is 5. The Morgan fingerprint density at radius 2 is 2.08 bits per heavy atom. The summed E-state index contributed by atoms with van der Waals surface area (Å²) in [4.78, 5) is 14.4. The van der Waals surface area contributed by atoms with Gasteiger partial charge in [-0.2, -0.15) is 0 Å². The van der Waals surface area contributed by atoms with Crippen molar-refractivity contribution in [2.45, 2.75) is 31.5 Å². The number of aromatic nitrogens is 2. The molecule has 0 spiro atoms. The van der Waals surface area contributed by atoms with Crippen molar-refractivity contribution in [3.63, 3.8) is 0 Å². The summed E-state index contributed by atoms with van der Waals surface area (Å²) in [5.41, 5.74) is 2.19. The molecule has 1 amide bonds. The first kappa shape index (κ1) is 18.2. The van der Waals surface area contributed by atoms with Gasteiger partial charge in [-0.25, -0.2) is 0 Å². The van der Waals surface area contributed by atoms with Crippen molar-refractivity contribution in [1.29, 1.82) is 0 Å². The Morgan fingerprint density at radius 1 is 1.32 bits per heavy atom. The monoisotopic (exact) mass is 376 g/mol. The summed E-state index contributed by atoms with van der Waals surface area (Å²) < 4.78 is 0.821. The van der Waals surface area contributed by atoms with E-state index in [9.17, 15) is 4.79 Å². The van der Waals surface area contributed by atoms with E-state index >= 15 is 0 Å². The predicted molar refractivity (Wildman–Crippen MR) is 105 cm³/mol. The molecule has 1 aliphatic rings. The van der Waals surface area contributed by atoms with Crippen LogP contribution in [0.5, 0.6) is 0 Å². The van der Waals surface area contributed by atoms with Crippen molar-refractivity contribution in [1.82, 2.24) is 15.1 Å². The summed E-state index contributed by atoms with van der Waals surface area (Å²) in [5.74, 6) is 1.80. The fourth-order valence-electron chi connectivity index (χ4n) is 3.25. The molecule has 0 aliphatic carbocycles. The number of aryl methyl sites for hydroxylation is 1. The second-order valence-corrected chi connectivity index (χ2v) is 9.10. The van der Waals surface area contributed by atoms with Crippen LogP contribution in [0.3, 0.4) is 0 Å². The maximum atomic E-state index is 12.4. The summed E-state index contributed by atoms with van der Waals surface area (Å²) in [6, 6.07) is 8.13. The third-order valence-electron chi connectivity index (χ3n) is 4.22. The third-order valence-corrected chi connectivity index (χ3v) is 6.17. The van der Waals surface area contributed by atoms with Crippen LogP contribution in [0.4, 0.5) is 10.8 Å². The molecule has 1 fully saturated rings. The van der Waals surface area contributed by atoms with Gasteiger partial charge in [0.2, 0.25) is 11.0 Å². The average Bonchev–Trinajstić information content (AvgIpc) is 2.99. The Balaban J connectivity index is 1.52. The number of anilines is 2. The number of amides is 1. The van der Waals surface area contributed by atoms with Gasteiger partial charge in [-0.3, -0.25) is 4.79 Å². The second-order valence-electron chi connectivity index (χ2n) is 6.90. The number of piperidine rings is 1. The molecule has 7 heteroatoms. The number of likely N-dealkylation sites (tertiary alicyclic amines) is 1. The van der Waals surface area contributed by atoms with Crippen molar-refractivity contribution in [2.24, 2.45) is 11.8 Å². The van der Waals surface area contributed by atoms with Gasteiger partial charge in [-0.1, -0.05) is 49.1 Å². The maximum absolute atomic E-state index is 12.4. The molecule has 1 N–H and O–H groups in total. The molecule has 0 unspecified atom stereocenters. The first-order valence-electron chi connectivity index (χ1n) is 8.57. The summed E-state index contributed by atoms with van der Waals surface area (Å²) in [6.07, 6.45) is 1.21. The van der Waals surface area contributed by atoms with Gasteiger partial charge >= 0.3 is 0 Å². The van der Waals surface area contributed by atoms with E-state index in [0.29, 0.717) is 17.6 Å². The first-order chi connectivity index (χ1) is 12.0. The zero-order valence-corrected chi connectivity index (χ0v) is 16.5. The van der Waals surface area contributed by atoms with Gasteiger partial charge in [0.15, 0.2) is 4.34 Å². The fourth-order valence-corrected chi connectivity index (χ4v) is 4.92. The highest BCUT2D eigenvalue weighted by Crippen LogP contribution is 2.29. The van der Waals surface area contributed by atoms with Gasteiger partial charge in [-0.05, 0) is 42.9 Å². The van der Waals surface area contributed by atoms with Gasteiger partial charge in [0, 0.05) is 18.8 Å². The molecule has 1 aromatic carbocycles. The molecule has 134 valence electrons. The van der Waals surface area contributed by atoms with E-state index in [-0.39, 0.29) is 5.91 Å². The van der Waals surface area contributed by atoms with E-state index in [4.69, 9.17) is 0 Å². The van der Waals surface area contributed by atoms with Crippen molar-refractivity contribution in [3.05, 3.63) is 29.8 Å². The Morgan fingerprint density at radius 3 is 2.80 bits per heavy atom. The minimum absolute atomic E-state index is 0.201. The smallest absolute Gasteiger partial charge is 0.233 e. The molecule has 3 rings (SSSR count). The Kier molecular flexibility index (Phi) is 5.96. The molecular weight excluding hydrogens is 352 g/mol. The number of carbonyl (C=O) groups excluding carboxylic acids is 1. The van der Waals surface area contributed by atoms with E-state index in [1.165, 1.54) is 35.1 Å². The van der Waals surface area contributed by atoms with Crippen LogP contribution in [0.25, 0.3) is 0 Å². The molecule has 1 saturated heterocycles. The second kappa shape index (κ2) is 8.19. The SMILES string of the molecule is Cc1cccc(Nc2nnc(SCC(=O)N3C[C@H](C)C[C@H](C)C3)s2)c1. The van der Waals surface area contributed by atoms with Crippen LogP contribution in [-0.4, -0.2) is 39.8 Å². The summed E-state index contributed by atoms with van der Waals surface area (Å²) in [7, 11) is 0. The molecule has 1 aliphatic heterocycles. The van der Waals surface area contributed by atoms with Gasteiger partial charge in [0.05, 0.1) is 5.75 Å². The summed E-state index contributed by atoms with van der Waals surface area (Å²) >= 11 is 2.96. The molecule has 0 radical (unpaired) electrons. The number of benzene rings is 1. The molecule has 0 bridgehead atoms. The van der Waals surface area contributed by atoms with Crippen LogP contribution in [0.15, 0.2) is 28.6 Å². The number of hydrogen-bond donors (Lipinski definition) is 1. The number of nitrogens with one attached hydrogen (secondary N) is 1. The van der Waals surface area contributed by atoms with E-state index in [0.717, 1.165) is 28.2 Å². The Labute approximate surface area is 157 Å². The Hall–Kier alpha value is -1.60. The highest BCUT2D eigenvalue weighted by atomic mass is 32.2. The molecular formula is C18H24N4OS2. The molecule has 2 heterocycles. The normalized spacial score (nSPS) is 20.5. The van der Waals surface area contributed by atoms with Crippen molar-refractivity contribution >= 4 is 39.8 Å². The highest BCUT2D eigenvalue weighted by Gasteiger charge is 2.25. The Bertz CT molecular complexity index is 723. The van der Waals surface area contributed by atoms with Crippen molar-refractivity contribution < 1.29 is 4.79 Å². The van der Waals surface area contributed by atoms with E-state index in [1.54, 1.807) is 0 Å². The number of hydrogen-bond acceptors (Lipinski definition) is 6. The lowest BCUT2D eigenvalue weighted by Gasteiger charge is -2.34. The lowest BCUT2D eigenvalue weighted by atomic mass is 9.92. The van der Waals surface area contributed by atoms with Gasteiger partial charge in [0.25, 0.3) is 0 Å². The highest BCUT2D eigenvalue weighted by molar-refractivity contribution is 8.01.